The summed E-state index contributed by atoms with van der Waals surface area (Å²) in [6, 6.07) is 2.40. The van der Waals surface area contributed by atoms with Crippen molar-refractivity contribution in [2.75, 3.05) is 0 Å². The molecular weight excluding hydrogens is 218 g/mol. The number of nitrogens with zero attached hydrogens (tertiary/aromatic N) is 3. The van der Waals surface area contributed by atoms with Crippen molar-refractivity contribution in [1.82, 2.24) is 13.9 Å². The fourth-order valence-electron chi connectivity index (χ4n) is 2.07. The van der Waals surface area contributed by atoms with E-state index < -0.39 is 0 Å². The highest BCUT2D eigenvalue weighted by molar-refractivity contribution is 7.05. The molecule has 2 aromatic heterocycles. The van der Waals surface area contributed by atoms with Gasteiger partial charge in [-0.1, -0.05) is 13.8 Å². The van der Waals surface area contributed by atoms with E-state index in [-0.39, 0.29) is 0 Å². The van der Waals surface area contributed by atoms with Crippen molar-refractivity contribution in [3.63, 3.8) is 0 Å². The summed E-state index contributed by atoms with van der Waals surface area (Å²) in [5.41, 5.74) is 2.45. The Kier molecular flexibility index (Phi) is 3.10. The number of aryl methyl sites for hydroxylation is 1. The van der Waals surface area contributed by atoms with E-state index in [1.807, 2.05) is 12.5 Å². The van der Waals surface area contributed by atoms with Gasteiger partial charge in [0.05, 0.1) is 18.1 Å². The molecular formula is C12H17N3S. The molecule has 0 aliphatic carbocycles. The van der Waals surface area contributed by atoms with Crippen LogP contribution in [0, 0.1) is 6.92 Å². The summed E-state index contributed by atoms with van der Waals surface area (Å²) in [4.78, 5) is 5.69. The second kappa shape index (κ2) is 4.37. The third-order valence-electron chi connectivity index (χ3n) is 2.86. The van der Waals surface area contributed by atoms with Crippen molar-refractivity contribution >= 4 is 11.5 Å². The topological polar surface area (TPSA) is 30.7 Å². The molecule has 0 bridgehead atoms. The van der Waals surface area contributed by atoms with Crippen molar-refractivity contribution in [2.45, 2.75) is 39.7 Å². The second-order valence-electron chi connectivity index (χ2n) is 4.37. The molecule has 1 unspecified atom stereocenters. The zero-order chi connectivity index (χ0) is 11.7. The van der Waals surface area contributed by atoms with Crippen molar-refractivity contribution in [1.29, 1.82) is 0 Å². The van der Waals surface area contributed by atoms with Crippen LogP contribution < -0.4 is 0 Å². The summed E-state index contributed by atoms with van der Waals surface area (Å²) in [7, 11) is 0. The Bertz CT molecular complexity index is 457. The number of rotatable bonds is 3. The molecule has 16 heavy (non-hydrogen) atoms. The molecule has 0 radical (unpaired) electrons. The molecule has 0 N–H and O–H groups in total. The average Bonchev–Trinajstić information content (AvgIpc) is 2.84. The minimum atomic E-state index is 0.325. The van der Waals surface area contributed by atoms with Gasteiger partial charge < -0.3 is 4.57 Å². The SMILES string of the molecule is Cc1ncn(C(C)c2ccns2)c1C(C)C. The first kappa shape index (κ1) is 11.3. The van der Waals surface area contributed by atoms with E-state index in [1.165, 1.54) is 10.6 Å². The van der Waals surface area contributed by atoms with E-state index in [1.54, 1.807) is 11.5 Å². The van der Waals surface area contributed by atoms with Crippen LogP contribution in [-0.2, 0) is 0 Å². The maximum absolute atomic E-state index is 4.42. The first-order chi connectivity index (χ1) is 7.61. The first-order valence-electron chi connectivity index (χ1n) is 5.55. The molecule has 4 heteroatoms. The van der Waals surface area contributed by atoms with E-state index in [2.05, 4.69) is 47.7 Å². The Labute approximate surface area is 100 Å². The lowest BCUT2D eigenvalue weighted by Gasteiger charge is -2.17. The van der Waals surface area contributed by atoms with Gasteiger partial charge in [0.15, 0.2) is 0 Å². The Hall–Kier alpha value is -1.16. The highest BCUT2D eigenvalue weighted by atomic mass is 32.1. The normalized spacial score (nSPS) is 13.3. The van der Waals surface area contributed by atoms with Crippen LogP contribution in [0.4, 0.5) is 0 Å². The minimum Gasteiger partial charge on any atom is -0.326 e. The molecule has 0 spiro atoms. The third-order valence-corrected chi connectivity index (χ3v) is 3.77. The quantitative estimate of drug-likeness (QED) is 0.816. The average molecular weight is 235 g/mol. The minimum absolute atomic E-state index is 0.325. The van der Waals surface area contributed by atoms with Crippen LogP contribution in [0.25, 0.3) is 0 Å². The van der Waals surface area contributed by atoms with Crippen molar-refractivity contribution in [2.24, 2.45) is 0 Å². The van der Waals surface area contributed by atoms with Gasteiger partial charge in [-0.3, -0.25) is 0 Å². The zero-order valence-corrected chi connectivity index (χ0v) is 11.0. The van der Waals surface area contributed by atoms with Crippen LogP contribution in [0.3, 0.4) is 0 Å². The van der Waals surface area contributed by atoms with Gasteiger partial charge in [0, 0.05) is 16.8 Å². The maximum atomic E-state index is 4.42. The van der Waals surface area contributed by atoms with Crippen molar-refractivity contribution in [3.8, 4) is 0 Å². The van der Waals surface area contributed by atoms with Gasteiger partial charge >= 0.3 is 0 Å². The van der Waals surface area contributed by atoms with E-state index in [4.69, 9.17) is 0 Å². The molecule has 0 aliphatic heterocycles. The summed E-state index contributed by atoms with van der Waals surface area (Å²) < 4.78 is 6.42. The molecule has 2 aromatic rings. The largest absolute Gasteiger partial charge is 0.326 e. The summed E-state index contributed by atoms with van der Waals surface area (Å²) in [5.74, 6) is 0.498. The van der Waals surface area contributed by atoms with Gasteiger partial charge in [-0.15, -0.1) is 0 Å². The maximum Gasteiger partial charge on any atom is 0.0957 e. The zero-order valence-electron chi connectivity index (χ0n) is 10.1. The lowest BCUT2D eigenvalue weighted by Crippen LogP contribution is -2.09. The molecule has 0 saturated carbocycles. The fraction of sp³-hybridized carbons (Fsp3) is 0.500. The molecule has 3 nitrogen and oxygen atoms in total. The molecule has 1 atom stereocenters. The van der Waals surface area contributed by atoms with Crippen LogP contribution in [-0.4, -0.2) is 13.9 Å². The van der Waals surface area contributed by atoms with Gasteiger partial charge in [0.2, 0.25) is 0 Å². The third kappa shape index (κ3) is 1.89. The molecule has 86 valence electrons. The van der Waals surface area contributed by atoms with Crippen molar-refractivity contribution in [3.05, 3.63) is 34.9 Å². The van der Waals surface area contributed by atoms with Gasteiger partial charge in [0.25, 0.3) is 0 Å². The molecule has 0 fully saturated rings. The predicted molar refractivity (Wildman–Crippen MR) is 67.0 cm³/mol. The summed E-state index contributed by atoms with van der Waals surface area (Å²) in [6.07, 6.45) is 3.80. The van der Waals surface area contributed by atoms with Gasteiger partial charge in [-0.25, -0.2) is 9.36 Å². The van der Waals surface area contributed by atoms with E-state index in [0.29, 0.717) is 12.0 Å². The lowest BCUT2D eigenvalue weighted by molar-refractivity contribution is 0.595. The predicted octanol–water partition coefficient (Wildman–Crippen LogP) is 3.38. The molecule has 2 heterocycles. The van der Waals surface area contributed by atoms with Crippen LogP contribution in [0.5, 0.6) is 0 Å². The fourth-order valence-corrected chi connectivity index (χ4v) is 2.70. The Morgan fingerprint density at radius 2 is 2.06 bits per heavy atom. The Balaban J connectivity index is 2.41. The number of hydrogen-bond acceptors (Lipinski definition) is 3. The van der Waals surface area contributed by atoms with Crippen LogP contribution in [0.1, 0.15) is 49.0 Å². The van der Waals surface area contributed by atoms with E-state index in [0.717, 1.165) is 5.69 Å². The lowest BCUT2D eigenvalue weighted by atomic mass is 10.1. The van der Waals surface area contributed by atoms with Gasteiger partial charge in [0.1, 0.15) is 0 Å². The Morgan fingerprint density at radius 1 is 1.31 bits per heavy atom. The first-order valence-corrected chi connectivity index (χ1v) is 6.32. The van der Waals surface area contributed by atoms with Gasteiger partial charge in [-0.05, 0) is 37.4 Å². The highest BCUT2D eigenvalue weighted by Crippen LogP contribution is 2.27. The molecule has 0 aliphatic rings. The number of aromatic nitrogens is 3. The van der Waals surface area contributed by atoms with Crippen LogP contribution in [0.15, 0.2) is 18.6 Å². The van der Waals surface area contributed by atoms with Crippen LogP contribution >= 0.6 is 11.5 Å². The molecule has 0 amide bonds. The smallest absolute Gasteiger partial charge is 0.0957 e. The summed E-state index contributed by atoms with van der Waals surface area (Å²) >= 11 is 1.56. The Morgan fingerprint density at radius 3 is 2.62 bits per heavy atom. The second-order valence-corrected chi connectivity index (χ2v) is 5.23. The standard InChI is InChI=1S/C12H17N3S/c1-8(2)12-9(3)13-7-15(12)10(4)11-5-6-14-16-11/h5-8,10H,1-4H3. The summed E-state index contributed by atoms with van der Waals surface area (Å²) in [5, 5.41) is 0. The molecule has 0 aromatic carbocycles. The van der Waals surface area contributed by atoms with Crippen LogP contribution in [0.2, 0.25) is 0 Å². The monoisotopic (exact) mass is 235 g/mol. The van der Waals surface area contributed by atoms with Gasteiger partial charge in [-0.2, -0.15) is 0 Å². The number of hydrogen-bond donors (Lipinski definition) is 0. The molecule has 2 rings (SSSR count). The van der Waals surface area contributed by atoms with Crippen molar-refractivity contribution < 1.29 is 0 Å². The highest BCUT2D eigenvalue weighted by Gasteiger charge is 2.17. The number of imidazole rings is 1. The summed E-state index contributed by atoms with van der Waals surface area (Å²) in [6.45, 7) is 8.69. The van der Waals surface area contributed by atoms with E-state index in [9.17, 15) is 0 Å². The molecule has 0 saturated heterocycles. The van der Waals surface area contributed by atoms with E-state index >= 15 is 0 Å².